The molecule has 0 saturated carbocycles. The van der Waals surface area contributed by atoms with Crippen LogP contribution in [-0.4, -0.2) is 56.9 Å². The average molecular weight is 464 g/mol. The van der Waals surface area contributed by atoms with E-state index in [9.17, 15) is 22.4 Å². The highest BCUT2D eigenvalue weighted by Gasteiger charge is 2.28. The maximum atomic E-state index is 13.9. The van der Waals surface area contributed by atoms with E-state index in [0.29, 0.717) is 13.2 Å². The molecule has 2 aromatic carbocycles. The normalized spacial score (nSPS) is 15.9. The maximum absolute atomic E-state index is 13.9. The molecular formula is C22H26FN3O5S. The van der Waals surface area contributed by atoms with E-state index in [2.05, 4.69) is 10.6 Å². The molecule has 1 aliphatic heterocycles. The lowest BCUT2D eigenvalue weighted by Crippen LogP contribution is -2.47. The Kier molecular flexibility index (Phi) is 7.60. The quantitative estimate of drug-likeness (QED) is 0.655. The fourth-order valence-corrected chi connectivity index (χ4v) is 4.74. The fourth-order valence-electron chi connectivity index (χ4n) is 3.29. The lowest BCUT2D eigenvalue weighted by atomic mass is 10.0. The highest BCUT2D eigenvalue weighted by molar-refractivity contribution is 7.89. The van der Waals surface area contributed by atoms with Gasteiger partial charge in [0.15, 0.2) is 0 Å². The third-order valence-corrected chi connectivity index (χ3v) is 6.96. The molecule has 2 amide bonds. The zero-order valence-electron chi connectivity index (χ0n) is 17.9. The van der Waals surface area contributed by atoms with Crippen LogP contribution in [0.2, 0.25) is 0 Å². The molecule has 0 unspecified atom stereocenters. The molecule has 0 bridgehead atoms. The Balaban J connectivity index is 1.75. The van der Waals surface area contributed by atoms with Crippen molar-refractivity contribution in [2.24, 2.45) is 5.92 Å². The highest BCUT2D eigenvalue weighted by atomic mass is 32.2. The summed E-state index contributed by atoms with van der Waals surface area (Å²) >= 11 is 0. The van der Waals surface area contributed by atoms with Crippen molar-refractivity contribution >= 4 is 27.5 Å². The zero-order chi connectivity index (χ0) is 23.3. The summed E-state index contributed by atoms with van der Waals surface area (Å²) in [6.07, 6.45) is 0. The smallest absolute Gasteiger partial charge is 0.254 e. The van der Waals surface area contributed by atoms with Crippen LogP contribution in [0.5, 0.6) is 0 Å². The van der Waals surface area contributed by atoms with E-state index < -0.39 is 33.7 Å². The Labute approximate surface area is 186 Å². The van der Waals surface area contributed by atoms with Gasteiger partial charge in [0.1, 0.15) is 11.9 Å². The molecule has 10 heteroatoms. The summed E-state index contributed by atoms with van der Waals surface area (Å²) in [5.41, 5.74) is 0.111. The first-order valence-corrected chi connectivity index (χ1v) is 11.7. The molecule has 2 aromatic rings. The Morgan fingerprint density at radius 3 is 2.41 bits per heavy atom. The van der Waals surface area contributed by atoms with Gasteiger partial charge in [-0.1, -0.05) is 32.0 Å². The molecule has 0 spiro atoms. The first kappa shape index (κ1) is 23.8. The minimum Gasteiger partial charge on any atom is -0.379 e. The van der Waals surface area contributed by atoms with Crippen LogP contribution >= 0.6 is 0 Å². The summed E-state index contributed by atoms with van der Waals surface area (Å²) in [7, 11) is -3.73. The lowest BCUT2D eigenvalue weighted by molar-refractivity contribution is -0.118. The molecule has 172 valence electrons. The van der Waals surface area contributed by atoms with Gasteiger partial charge in [0.05, 0.1) is 23.7 Å². The number of ether oxygens (including phenoxy) is 1. The molecule has 2 N–H and O–H groups in total. The lowest BCUT2D eigenvalue weighted by Gasteiger charge is -2.26. The molecular weight excluding hydrogens is 437 g/mol. The number of hydrogen-bond acceptors (Lipinski definition) is 5. The second-order valence-electron chi connectivity index (χ2n) is 7.71. The van der Waals surface area contributed by atoms with E-state index in [1.54, 1.807) is 19.9 Å². The Bertz CT molecular complexity index is 1080. The summed E-state index contributed by atoms with van der Waals surface area (Å²) in [6.45, 7) is 4.66. The van der Waals surface area contributed by atoms with Crippen molar-refractivity contribution in [3.8, 4) is 0 Å². The number of sulfonamides is 1. The van der Waals surface area contributed by atoms with Crippen LogP contribution in [0, 0.1) is 11.7 Å². The third kappa shape index (κ3) is 5.50. The number of benzene rings is 2. The van der Waals surface area contributed by atoms with Crippen molar-refractivity contribution in [2.75, 3.05) is 31.6 Å². The van der Waals surface area contributed by atoms with Crippen molar-refractivity contribution in [2.45, 2.75) is 24.8 Å². The Hall–Kier alpha value is -2.82. The number of carbonyl (C=O) groups excluding carboxylic acids is 2. The van der Waals surface area contributed by atoms with Crippen LogP contribution in [0.1, 0.15) is 24.2 Å². The number of halogens is 1. The van der Waals surface area contributed by atoms with Gasteiger partial charge in [-0.25, -0.2) is 12.8 Å². The number of anilines is 1. The largest absolute Gasteiger partial charge is 0.379 e. The molecule has 1 saturated heterocycles. The van der Waals surface area contributed by atoms with Gasteiger partial charge in [0.25, 0.3) is 5.91 Å². The molecule has 1 aliphatic rings. The number of hydrogen-bond donors (Lipinski definition) is 2. The zero-order valence-corrected chi connectivity index (χ0v) is 18.7. The Morgan fingerprint density at radius 2 is 1.75 bits per heavy atom. The molecule has 8 nitrogen and oxygen atoms in total. The molecule has 0 aliphatic carbocycles. The van der Waals surface area contributed by atoms with Gasteiger partial charge in [-0.05, 0) is 36.2 Å². The van der Waals surface area contributed by atoms with E-state index in [-0.39, 0.29) is 35.2 Å². The predicted molar refractivity (Wildman–Crippen MR) is 117 cm³/mol. The van der Waals surface area contributed by atoms with Crippen molar-refractivity contribution in [3.63, 3.8) is 0 Å². The fraction of sp³-hybridized carbons (Fsp3) is 0.364. The first-order chi connectivity index (χ1) is 15.2. The summed E-state index contributed by atoms with van der Waals surface area (Å²) in [4.78, 5) is 25.4. The molecule has 1 fully saturated rings. The van der Waals surface area contributed by atoms with Crippen molar-refractivity contribution in [3.05, 3.63) is 59.9 Å². The second-order valence-corrected chi connectivity index (χ2v) is 9.65. The van der Waals surface area contributed by atoms with Gasteiger partial charge in [-0.3, -0.25) is 9.59 Å². The SMILES string of the molecule is CC(C)[C@H](NC(=O)c1ccccc1F)C(=O)Nc1cccc(S(=O)(=O)N2CCOCC2)c1. The second kappa shape index (κ2) is 10.2. The summed E-state index contributed by atoms with van der Waals surface area (Å²) in [5.74, 6) is -2.23. The number of rotatable bonds is 7. The van der Waals surface area contributed by atoms with Gasteiger partial charge < -0.3 is 15.4 Å². The standard InChI is InChI=1S/C22H26FN3O5S/c1-15(2)20(25-21(27)18-8-3-4-9-19(18)23)22(28)24-16-6-5-7-17(14-16)32(29,30)26-10-12-31-13-11-26/h3-9,14-15,20H,10-13H2,1-2H3,(H,24,28)(H,25,27)/t20-/m0/s1. The topological polar surface area (TPSA) is 105 Å². The van der Waals surface area contributed by atoms with Gasteiger partial charge >= 0.3 is 0 Å². The first-order valence-electron chi connectivity index (χ1n) is 10.2. The van der Waals surface area contributed by atoms with Crippen molar-refractivity contribution in [1.82, 2.24) is 9.62 Å². The van der Waals surface area contributed by atoms with Gasteiger partial charge in [-0.2, -0.15) is 4.31 Å². The average Bonchev–Trinajstić information content (AvgIpc) is 2.78. The maximum Gasteiger partial charge on any atom is 0.254 e. The number of carbonyl (C=O) groups is 2. The van der Waals surface area contributed by atoms with Gasteiger partial charge in [0, 0.05) is 18.8 Å². The summed E-state index contributed by atoms with van der Waals surface area (Å²) in [5, 5.41) is 5.21. The van der Waals surface area contributed by atoms with Crippen LogP contribution in [0.25, 0.3) is 0 Å². The van der Waals surface area contributed by atoms with Crippen LogP contribution in [0.15, 0.2) is 53.4 Å². The van der Waals surface area contributed by atoms with Crippen molar-refractivity contribution in [1.29, 1.82) is 0 Å². The van der Waals surface area contributed by atoms with Crippen LogP contribution in [0.4, 0.5) is 10.1 Å². The molecule has 1 atom stereocenters. The molecule has 0 radical (unpaired) electrons. The molecule has 32 heavy (non-hydrogen) atoms. The van der Waals surface area contributed by atoms with Gasteiger partial charge in [-0.15, -0.1) is 0 Å². The molecule has 0 aromatic heterocycles. The molecule has 3 rings (SSSR count). The van der Waals surface area contributed by atoms with E-state index >= 15 is 0 Å². The van der Waals surface area contributed by atoms with Crippen molar-refractivity contribution < 1.29 is 27.1 Å². The number of nitrogens with one attached hydrogen (secondary N) is 2. The van der Waals surface area contributed by atoms with E-state index in [0.717, 1.165) is 0 Å². The highest BCUT2D eigenvalue weighted by Crippen LogP contribution is 2.21. The van der Waals surface area contributed by atoms with Gasteiger partial charge in [0.2, 0.25) is 15.9 Å². The summed E-state index contributed by atoms with van der Waals surface area (Å²) in [6, 6.07) is 10.5. The van der Waals surface area contributed by atoms with Crippen LogP contribution in [-0.2, 0) is 19.6 Å². The van der Waals surface area contributed by atoms with E-state index in [1.807, 2.05) is 0 Å². The number of amides is 2. The monoisotopic (exact) mass is 463 g/mol. The summed E-state index contributed by atoms with van der Waals surface area (Å²) < 4.78 is 46.2. The van der Waals surface area contributed by atoms with E-state index in [4.69, 9.17) is 4.74 Å². The van der Waals surface area contributed by atoms with Crippen LogP contribution in [0.3, 0.4) is 0 Å². The number of morpholine rings is 1. The minimum absolute atomic E-state index is 0.0497. The minimum atomic E-state index is -3.73. The molecule has 1 heterocycles. The Morgan fingerprint density at radius 1 is 1.06 bits per heavy atom. The number of nitrogens with zero attached hydrogens (tertiary/aromatic N) is 1. The predicted octanol–water partition coefficient (Wildman–Crippen LogP) is 2.24. The van der Waals surface area contributed by atoms with E-state index in [1.165, 1.54) is 46.8 Å². The third-order valence-electron chi connectivity index (χ3n) is 5.06. The van der Waals surface area contributed by atoms with Crippen LogP contribution < -0.4 is 10.6 Å².